The third-order valence-corrected chi connectivity index (χ3v) is 8.42. The van der Waals surface area contributed by atoms with Crippen molar-refractivity contribution in [2.75, 3.05) is 18.6 Å². The van der Waals surface area contributed by atoms with Gasteiger partial charge in [-0.1, -0.05) is 30.4 Å². The normalized spacial score (nSPS) is 12.2. The Morgan fingerprint density at radius 3 is 2.87 bits per heavy atom. The largest absolute Gasteiger partial charge is 0.611 e. The molecule has 3 aromatic heterocycles. The second-order valence-electron chi connectivity index (χ2n) is 6.50. The molecule has 0 aliphatic heterocycles. The average molecular weight is 458 g/mol. The Balaban J connectivity index is 1.98. The van der Waals surface area contributed by atoms with Crippen molar-refractivity contribution < 1.29 is 14.1 Å². The number of fused-ring (bicyclic) bond motifs is 1. The van der Waals surface area contributed by atoms with Gasteiger partial charge in [-0.15, -0.1) is 11.3 Å². The van der Waals surface area contributed by atoms with Gasteiger partial charge in [-0.25, -0.2) is 14.8 Å². The van der Waals surface area contributed by atoms with E-state index < -0.39 is 17.1 Å². The molecule has 1 aromatic carbocycles. The van der Waals surface area contributed by atoms with Crippen molar-refractivity contribution in [2.45, 2.75) is 17.6 Å². The minimum Gasteiger partial charge on any atom is -0.611 e. The molecule has 6 nitrogen and oxygen atoms in total. The Morgan fingerprint density at radius 1 is 1.33 bits per heavy atom. The summed E-state index contributed by atoms with van der Waals surface area (Å²) >= 11 is 1.67. The Kier molecular flexibility index (Phi) is 6.05. The summed E-state index contributed by atoms with van der Waals surface area (Å²) < 4.78 is 18.2. The van der Waals surface area contributed by atoms with E-state index in [1.807, 2.05) is 24.4 Å². The number of anilines is 1. The molecule has 3 heterocycles. The summed E-state index contributed by atoms with van der Waals surface area (Å²) in [6.45, 7) is 1.99. The fourth-order valence-corrected chi connectivity index (χ4v) is 6.38. The SMILES string of the molecule is CCC[S+]([O-])c1sc2nc(-c3nccs3)cc(-c3cccc(C(=O)OC)c3)c2c1N. The van der Waals surface area contributed by atoms with Crippen molar-refractivity contribution in [2.24, 2.45) is 0 Å². The number of esters is 1. The lowest BCUT2D eigenvalue weighted by molar-refractivity contribution is 0.0601. The molecule has 0 spiro atoms. The monoisotopic (exact) mass is 457 g/mol. The predicted molar refractivity (Wildman–Crippen MR) is 123 cm³/mol. The number of aromatic nitrogens is 2. The van der Waals surface area contributed by atoms with Gasteiger partial charge in [0.2, 0.25) is 4.21 Å². The predicted octanol–water partition coefficient (Wildman–Crippen LogP) is 4.97. The number of nitrogens with two attached hydrogens (primary N) is 1. The molecule has 0 bridgehead atoms. The van der Waals surface area contributed by atoms with Crippen LogP contribution >= 0.6 is 22.7 Å². The number of nitrogen functional groups attached to an aromatic ring is 1. The van der Waals surface area contributed by atoms with E-state index >= 15 is 0 Å². The smallest absolute Gasteiger partial charge is 0.337 e. The number of nitrogens with zero attached hydrogens (tertiary/aromatic N) is 2. The number of benzene rings is 1. The van der Waals surface area contributed by atoms with Gasteiger partial charge in [0.15, 0.2) is 0 Å². The second-order valence-corrected chi connectivity index (χ2v) is 10.2. The fraction of sp³-hybridized carbons (Fsp3) is 0.190. The lowest BCUT2D eigenvalue weighted by Gasteiger charge is -2.09. The molecule has 30 heavy (non-hydrogen) atoms. The molecule has 0 aliphatic carbocycles. The van der Waals surface area contributed by atoms with Crippen molar-refractivity contribution in [1.29, 1.82) is 0 Å². The van der Waals surface area contributed by atoms with Crippen molar-refractivity contribution in [3.8, 4) is 21.8 Å². The number of thiazole rings is 1. The molecule has 154 valence electrons. The molecule has 0 amide bonds. The van der Waals surface area contributed by atoms with Gasteiger partial charge in [0.05, 0.1) is 12.7 Å². The first kappa shape index (κ1) is 20.8. The van der Waals surface area contributed by atoms with Crippen LogP contribution < -0.4 is 5.73 Å². The molecule has 1 atom stereocenters. The van der Waals surface area contributed by atoms with Gasteiger partial charge in [-0.3, -0.25) is 0 Å². The Bertz CT molecular complexity index is 1210. The Labute approximate surface area is 184 Å². The van der Waals surface area contributed by atoms with Crippen LogP contribution in [0.5, 0.6) is 0 Å². The molecular weight excluding hydrogens is 438 g/mol. The summed E-state index contributed by atoms with van der Waals surface area (Å²) in [5.41, 5.74) is 9.74. The van der Waals surface area contributed by atoms with Crippen LogP contribution in [-0.4, -0.2) is 33.4 Å². The number of thiophene rings is 1. The number of hydrogen-bond donors (Lipinski definition) is 1. The molecule has 0 fully saturated rings. The number of methoxy groups -OCH3 is 1. The van der Waals surface area contributed by atoms with Crippen molar-refractivity contribution >= 4 is 55.7 Å². The minimum atomic E-state index is -1.18. The zero-order valence-electron chi connectivity index (χ0n) is 16.4. The molecular formula is C21H19N3O3S3. The van der Waals surface area contributed by atoms with Gasteiger partial charge in [-0.05, 0) is 46.9 Å². The van der Waals surface area contributed by atoms with Crippen LogP contribution in [-0.2, 0) is 15.9 Å². The third-order valence-electron chi connectivity index (χ3n) is 4.51. The van der Waals surface area contributed by atoms with E-state index in [1.54, 1.807) is 24.4 Å². The molecule has 9 heteroatoms. The third kappa shape index (κ3) is 3.81. The summed E-state index contributed by atoms with van der Waals surface area (Å²) in [6.07, 6.45) is 2.53. The average Bonchev–Trinajstić information content (AvgIpc) is 3.41. The highest BCUT2D eigenvalue weighted by Gasteiger charge is 2.25. The Hall–Kier alpha value is -2.46. The maximum absolute atomic E-state index is 12.7. The summed E-state index contributed by atoms with van der Waals surface area (Å²) in [5, 5.41) is 3.43. The molecule has 2 N–H and O–H groups in total. The summed E-state index contributed by atoms with van der Waals surface area (Å²) in [7, 11) is 1.35. The molecule has 4 rings (SSSR count). The number of ether oxygens (including phenoxy) is 1. The van der Waals surface area contributed by atoms with Crippen LogP contribution in [0.2, 0.25) is 0 Å². The molecule has 1 unspecified atom stereocenters. The number of pyridine rings is 1. The van der Waals surface area contributed by atoms with Gasteiger partial charge in [0, 0.05) is 17.0 Å². The molecule has 0 aliphatic rings. The number of carbonyl (C=O) groups is 1. The van der Waals surface area contributed by atoms with E-state index in [9.17, 15) is 9.35 Å². The van der Waals surface area contributed by atoms with Crippen molar-refractivity contribution in [3.63, 3.8) is 0 Å². The second kappa shape index (κ2) is 8.73. The highest BCUT2D eigenvalue weighted by molar-refractivity contribution is 7.93. The zero-order valence-corrected chi connectivity index (χ0v) is 18.8. The first-order valence-corrected chi connectivity index (χ1v) is 12.2. The van der Waals surface area contributed by atoms with Crippen LogP contribution in [0.15, 0.2) is 46.1 Å². The molecule has 0 radical (unpaired) electrons. The van der Waals surface area contributed by atoms with Crippen LogP contribution in [0.4, 0.5) is 5.69 Å². The van der Waals surface area contributed by atoms with Crippen molar-refractivity contribution in [3.05, 3.63) is 47.5 Å². The van der Waals surface area contributed by atoms with E-state index in [2.05, 4.69) is 4.98 Å². The van der Waals surface area contributed by atoms with Crippen LogP contribution in [0, 0.1) is 0 Å². The van der Waals surface area contributed by atoms with Crippen LogP contribution in [0.1, 0.15) is 23.7 Å². The minimum absolute atomic E-state index is 0.412. The topological polar surface area (TPSA) is 101 Å². The van der Waals surface area contributed by atoms with Crippen LogP contribution in [0.25, 0.3) is 32.0 Å². The number of hydrogen-bond acceptors (Lipinski definition) is 8. The highest BCUT2D eigenvalue weighted by Crippen LogP contribution is 2.43. The number of carbonyl (C=O) groups excluding carboxylic acids is 1. The maximum Gasteiger partial charge on any atom is 0.337 e. The van der Waals surface area contributed by atoms with E-state index in [0.717, 1.165) is 27.9 Å². The van der Waals surface area contributed by atoms with Crippen molar-refractivity contribution in [1.82, 2.24) is 9.97 Å². The first-order valence-electron chi connectivity index (χ1n) is 9.23. The summed E-state index contributed by atoms with van der Waals surface area (Å²) in [6, 6.07) is 9.11. The fourth-order valence-electron chi connectivity index (χ4n) is 3.17. The standard InChI is InChI=1S/C21H19N3O3S3/c1-3-9-30(26)21-17(22)16-14(12-5-4-6-13(10-12)20(25)27-2)11-15(24-19(16)29-21)18-23-7-8-28-18/h4-8,10-11H,3,9,22H2,1-2H3. The Morgan fingerprint density at radius 2 is 2.17 bits per heavy atom. The molecule has 0 saturated carbocycles. The van der Waals surface area contributed by atoms with Crippen LogP contribution in [0.3, 0.4) is 0 Å². The van der Waals surface area contributed by atoms with Gasteiger partial charge < -0.3 is 15.0 Å². The first-order chi connectivity index (χ1) is 14.5. The van der Waals surface area contributed by atoms with E-state index in [-0.39, 0.29) is 0 Å². The molecule has 0 saturated heterocycles. The lowest BCUT2D eigenvalue weighted by atomic mass is 10.00. The van der Waals surface area contributed by atoms with Gasteiger partial charge >= 0.3 is 5.97 Å². The summed E-state index contributed by atoms with van der Waals surface area (Å²) in [4.78, 5) is 21.9. The maximum atomic E-state index is 12.7. The highest BCUT2D eigenvalue weighted by atomic mass is 32.2. The lowest BCUT2D eigenvalue weighted by Crippen LogP contribution is -2.06. The van der Waals surface area contributed by atoms with Gasteiger partial charge in [0.1, 0.15) is 27.0 Å². The molecule has 4 aromatic rings. The van der Waals surface area contributed by atoms with E-state index in [0.29, 0.717) is 31.7 Å². The summed E-state index contributed by atoms with van der Waals surface area (Å²) in [5.74, 6) is 0.133. The quantitative estimate of drug-likeness (QED) is 0.324. The number of rotatable bonds is 6. The van der Waals surface area contributed by atoms with Gasteiger partial charge in [-0.2, -0.15) is 0 Å². The van der Waals surface area contributed by atoms with E-state index in [1.165, 1.54) is 29.8 Å². The van der Waals surface area contributed by atoms with Gasteiger partial charge in [0.25, 0.3) is 0 Å². The zero-order chi connectivity index (χ0) is 21.3. The van der Waals surface area contributed by atoms with E-state index in [4.69, 9.17) is 15.5 Å².